The molecule has 23 heavy (non-hydrogen) atoms. The molecule has 0 heterocycles. The molecule has 2 nitrogen and oxygen atoms in total. The van der Waals surface area contributed by atoms with E-state index in [0.29, 0.717) is 5.57 Å². The summed E-state index contributed by atoms with van der Waals surface area (Å²) in [6.45, 7) is 8.32. The highest BCUT2D eigenvalue weighted by atomic mass is 16.1. The summed E-state index contributed by atoms with van der Waals surface area (Å²) in [5, 5.41) is 0. The van der Waals surface area contributed by atoms with Crippen LogP contribution in [0.4, 0.5) is 0 Å². The van der Waals surface area contributed by atoms with Crippen LogP contribution >= 0.6 is 0 Å². The number of carbonyl (C=O) groups excluding carboxylic acids is 1. The minimum absolute atomic E-state index is 0.343. The van der Waals surface area contributed by atoms with Crippen LogP contribution in [0.2, 0.25) is 0 Å². The van der Waals surface area contributed by atoms with E-state index in [-0.39, 0.29) is 5.91 Å². The Balaban J connectivity index is 3.08. The van der Waals surface area contributed by atoms with E-state index in [2.05, 4.69) is 20.4 Å². The lowest BCUT2D eigenvalue weighted by molar-refractivity contribution is -0.114. The normalized spacial score (nSPS) is 11.1. The van der Waals surface area contributed by atoms with E-state index in [1.807, 2.05) is 0 Å². The third-order valence-electron chi connectivity index (χ3n) is 4.61. The fourth-order valence-electron chi connectivity index (χ4n) is 2.96. The molecule has 0 radical (unpaired) electrons. The number of primary amides is 1. The first-order valence-corrected chi connectivity index (χ1v) is 10.0. The van der Waals surface area contributed by atoms with Crippen molar-refractivity contribution in [2.75, 3.05) is 0 Å². The van der Waals surface area contributed by atoms with Gasteiger partial charge in [0.15, 0.2) is 0 Å². The Labute approximate surface area is 145 Å². The predicted octanol–water partition coefficient (Wildman–Crippen LogP) is 6.54. The van der Waals surface area contributed by atoms with Crippen molar-refractivity contribution in [3.05, 3.63) is 12.2 Å². The number of rotatable bonds is 17. The second kappa shape index (κ2) is 16.1. The van der Waals surface area contributed by atoms with Gasteiger partial charge < -0.3 is 5.73 Å². The van der Waals surface area contributed by atoms with Crippen molar-refractivity contribution in [3.8, 4) is 0 Å². The average Bonchev–Trinajstić information content (AvgIpc) is 2.50. The number of hydrogen-bond donors (Lipinski definition) is 1. The van der Waals surface area contributed by atoms with Gasteiger partial charge in [-0.05, 0) is 18.8 Å². The van der Waals surface area contributed by atoms with Gasteiger partial charge in [-0.15, -0.1) is 0 Å². The summed E-state index contributed by atoms with van der Waals surface area (Å²) in [5.74, 6) is 0.530. The van der Waals surface area contributed by atoms with Crippen LogP contribution < -0.4 is 5.73 Å². The second-order valence-electron chi connectivity index (χ2n) is 7.50. The highest BCUT2D eigenvalue weighted by molar-refractivity contribution is 5.91. The molecule has 0 aromatic carbocycles. The Morgan fingerprint density at radius 3 is 1.43 bits per heavy atom. The lowest BCUT2D eigenvalue weighted by atomic mass is 10.0. The van der Waals surface area contributed by atoms with Gasteiger partial charge in [-0.3, -0.25) is 4.79 Å². The molecule has 0 unspecified atom stereocenters. The van der Waals surface area contributed by atoms with Crippen molar-refractivity contribution in [3.63, 3.8) is 0 Å². The van der Waals surface area contributed by atoms with Crippen molar-refractivity contribution >= 4 is 5.91 Å². The van der Waals surface area contributed by atoms with Crippen LogP contribution in [0.5, 0.6) is 0 Å². The van der Waals surface area contributed by atoms with Gasteiger partial charge in [-0.2, -0.15) is 0 Å². The van der Waals surface area contributed by atoms with Crippen LogP contribution in [0.3, 0.4) is 0 Å². The smallest absolute Gasteiger partial charge is 0.244 e. The van der Waals surface area contributed by atoms with Gasteiger partial charge in [-0.1, -0.05) is 104 Å². The van der Waals surface area contributed by atoms with Gasteiger partial charge in [-0.25, -0.2) is 0 Å². The zero-order chi connectivity index (χ0) is 17.3. The van der Waals surface area contributed by atoms with E-state index < -0.39 is 0 Å². The maximum atomic E-state index is 10.8. The molecule has 0 atom stereocenters. The molecule has 0 saturated heterocycles. The number of carbonyl (C=O) groups is 1. The van der Waals surface area contributed by atoms with Crippen molar-refractivity contribution in [2.45, 2.75) is 110 Å². The molecular formula is C21H41NO. The summed E-state index contributed by atoms with van der Waals surface area (Å²) < 4.78 is 0. The molecule has 0 aliphatic carbocycles. The molecule has 0 saturated carbocycles. The topological polar surface area (TPSA) is 43.1 Å². The largest absolute Gasteiger partial charge is 0.366 e. The van der Waals surface area contributed by atoms with Crippen molar-refractivity contribution in [2.24, 2.45) is 11.7 Å². The van der Waals surface area contributed by atoms with E-state index in [1.165, 1.54) is 83.5 Å². The molecule has 0 fully saturated rings. The number of hydrogen-bond acceptors (Lipinski definition) is 1. The third-order valence-corrected chi connectivity index (χ3v) is 4.61. The molecule has 2 N–H and O–H groups in total. The molecule has 136 valence electrons. The number of unbranched alkanes of at least 4 members (excludes halogenated alkanes) is 12. The lowest BCUT2D eigenvalue weighted by Gasteiger charge is -2.05. The van der Waals surface area contributed by atoms with E-state index in [4.69, 9.17) is 5.73 Å². The Morgan fingerprint density at radius 2 is 1.09 bits per heavy atom. The van der Waals surface area contributed by atoms with Gasteiger partial charge in [0.2, 0.25) is 5.91 Å². The second-order valence-corrected chi connectivity index (χ2v) is 7.50. The van der Waals surface area contributed by atoms with Gasteiger partial charge >= 0.3 is 0 Å². The minimum atomic E-state index is -0.343. The summed E-state index contributed by atoms with van der Waals surface area (Å²) in [4.78, 5) is 10.8. The first kappa shape index (κ1) is 22.2. The molecule has 2 heteroatoms. The average molecular weight is 324 g/mol. The first-order valence-electron chi connectivity index (χ1n) is 10.0. The van der Waals surface area contributed by atoms with Crippen LogP contribution in [0.1, 0.15) is 110 Å². The highest BCUT2D eigenvalue weighted by Gasteiger charge is 2.00. The fourth-order valence-corrected chi connectivity index (χ4v) is 2.96. The Morgan fingerprint density at radius 1 is 0.739 bits per heavy atom. The number of nitrogens with two attached hydrogens (primary N) is 1. The molecule has 0 aliphatic rings. The third kappa shape index (κ3) is 17.4. The number of amides is 1. The monoisotopic (exact) mass is 323 g/mol. The van der Waals surface area contributed by atoms with Crippen LogP contribution in [0, 0.1) is 5.92 Å². The molecule has 0 aliphatic heterocycles. The first-order chi connectivity index (χ1) is 11.0. The SMILES string of the molecule is C=C(CCCCCCCCCCCCCCCC(C)C)C(N)=O. The fraction of sp³-hybridized carbons (Fsp3) is 0.857. The standard InChI is InChI=1S/C21H41NO/c1-19(2)17-15-13-11-9-7-5-4-6-8-10-12-14-16-18-20(3)21(22)23/h19H,3-18H2,1-2H3,(H2,22,23). The van der Waals surface area contributed by atoms with Crippen molar-refractivity contribution < 1.29 is 4.79 Å². The quantitative estimate of drug-likeness (QED) is 0.240. The summed E-state index contributed by atoms with van der Waals surface area (Å²) in [5.41, 5.74) is 5.74. The van der Waals surface area contributed by atoms with Crippen LogP contribution in [-0.2, 0) is 4.79 Å². The Hall–Kier alpha value is -0.790. The maximum Gasteiger partial charge on any atom is 0.244 e. The summed E-state index contributed by atoms with van der Waals surface area (Å²) in [7, 11) is 0. The summed E-state index contributed by atoms with van der Waals surface area (Å²) >= 11 is 0. The predicted molar refractivity (Wildman–Crippen MR) is 102 cm³/mol. The van der Waals surface area contributed by atoms with Gasteiger partial charge in [0, 0.05) is 5.57 Å². The Bertz CT molecular complexity index is 296. The van der Waals surface area contributed by atoms with E-state index in [0.717, 1.165) is 18.8 Å². The molecular weight excluding hydrogens is 282 g/mol. The van der Waals surface area contributed by atoms with E-state index >= 15 is 0 Å². The lowest BCUT2D eigenvalue weighted by Crippen LogP contribution is -2.12. The molecule has 0 aromatic rings. The maximum absolute atomic E-state index is 10.8. The van der Waals surface area contributed by atoms with Gasteiger partial charge in [0.25, 0.3) is 0 Å². The van der Waals surface area contributed by atoms with Crippen molar-refractivity contribution in [1.29, 1.82) is 0 Å². The van der Waals surface area contributed by atoms with Gasteiger partial charge in [0.1, 0.15) is 0 Å². The van der Waals surface area contributed by atoms with E-state index in [9.17, 15) is 4.79 Å². The highest BCUT2D eigenvalue weighted by Crippen LogP contribution is 2.15. The molecule has 0 spiro atoms. The zero-order valence-corrected chi connectivity index (χ0v) is 15.9. The molecule has 0 aromatic heterocycles. The minimum Gasteiger partial charge on any atom is -0.366 e. The molecule has 0 rings (SSSR count). The van der Waals surface area contributed by atoms with Crippen LogP contribution in [0.15, 0.2) is 12.2 Å². The van der Waals surface area contributed by atoms with E-state index in [1.54, 1.807) is 0 Å². The van der Waals surface area contributed by atoms with Crippen molar-refractivity contribution in [1.82, 2.24) is 0 Å². The van der Waals surface area contributed by atoms with Crippen LogP contribution in [0.25, 0.3) is 0 Å². The molecule has 1 amide bonds. The zero-order valence-electron chi connectivity index (χ0n) is 15.9. The summed E-state index contributed by atoms with van der Waals surface area (Å²) in [6, 6.07) is 0. The molecule has 0 bridgehead atoms. The van der Waals surface area contributed by atoms with Gasteiger partial charge in [0.05, 0.1) is 0 Å². The van der Waals surface area contributed by atoms with Crippen LogP contribution in [-0.4, -0.2) is 5.91 Å². The summed E-state index contributed by atoms with van der Waals surface area (Å²) in [6.07, 6.45) is 19.8. The Kier molecular flexibility index (Phi) is 15.5.